The Kier molecular flexibility index (Phi) is 5.53. The van der Waals surface area contributed by atoms with Crippen LogP contribution in [0.4, 0.5) is 5.69 Å². The van der Waals surface area contributed by atoms with Crippen molar-refractivity contribution in [2.24, 2.45) is 0 Å². The summed E-state index contributed by atoms with van der Waals surface area (Å²) in [5.74, 6) is -0.0148. The number of aromatic nitrogens is 2. The van der Waals surface area contributed by atoms with Crippen LogP contribution < -0.4 is 4.90 Å². The maximum absolute atomic E-state index is 12.3. The van der Waals surface area contributed by atoms with Crippen molar-refractivity contribution in [1.82, 2.24) is 8.75 Å². The monoisotopic (exact) mass is 337 g/mol. The van der Waals surface area contributed by atoms with Crippen molar-refractivity contribution in [1.29, 1.82) is 0 Å². The Bertz CT molecular complexity index is 684. The van der Waals surface area contributed by atoms with E-state index in [0.717, 1.165) is 41.0 Å². The molecular formula is C16H20ClN3OS. The lowest BCUT2D eigenvalue weighted by molar-refractivity contribution is -0.116. The topological polar surface area (TPSA) is 46.1 Å². The Morgan fingerprint density at radius 2 is 2.00 bits per heavy atom. The molecular weight excluding hydrogens is 318 g/mol. The average molecular weight is 338 g/mol. The van der Waals surface area contributed by atoms with Gasteiger partial charge < -0.3 is 4.90 Å². The molecule has 0 unspecified atom stereocenters. The van der Waals surface area contributed by atoms with Gasteiger partial charge in [0.1, 0.15) is 0 Å². The maximum atomic E-state index is 12.3. The van der Waals surface area contributed by atoms with Gasteiger partial charge in [0.2, 0.25) is 5.91 Å². The van der Waals surface area contributed by atoms with Crippen LogP contribution in [0, 0.1) is 6.92 Å². The van der Waals surface area contributed by atoms with Gasteiger partial charge >= 0.3 is 0 Å². The van der Waals surface area contributed by atoms with Crippen LogP contribution in [-0.2, 0) is 24.2 Å². The fourth-order valence-corrected chi connectivity index (χ4v) is 3.35. The zero-order chi connectivity index (χ0) is 16.3. The molecule has 0 bridgehead atoms. The van der Waals surface area contributed by atoms with Crippen LogP contribution in [0.3, 0.4) is 0 Å². The summed E-state index contributed by atoms with van der Waals surface area (Å²) < 4.78 is 8.49. The summed E-state index contributed by atoms with van der Waals surface area (Å²) in [6, 6.07) is 3.91. The fourth-order valence-electron chi connectivity index (χ4n) is 2.51. The van der Waals surface area contributed by atoms with E-state index in [0.29, 0.717) is 11.6 Å². The Morgan fingerprint density at radius 1 is 1.27 bits per heavy atom. The second kappa shape index (κ2) is 7.20. The van der Waals surface area contributed by atoms with Crippen molar-refractivity contribution in [3.8, 4) is 0 Å². The summed E-state index contributed by atoms with van der Waals surface area (Å²) in [5.41, 5.74) is 4.77. The molecule has 0 radical (unpaired) electrons. The SMILES string of the molecule is CCc1ccc(Cl)c(CC)c1N(Cc1nsnc1C)C(C)=O. The van der Waals surface area contributed by atoms with Gasteiger partial charge in [0.25, 0.3) is 0 Å². The van der Waals surface area contributed by atoms with Gasteiger partial charge in [0, 0.05) is 11.9 Å². The molecule has 2 rings (SSSR count). The van der Waals surface area contributed by atoms with Gasteiger partial charge in [0.05, 0.1) is 35.3 Å². The number of hydrogen-bond donors (Lipinski definition) is 0. The molecule has 0 aliphatic carbocycles. The molecule has 0 N–H and O–H groups in total. The van der Waals surface area contributed by atoms with Gasteiger partial charge in [0.15, 0.2) is 0 Å². The van der Waals surface area contributed by atoms with Crippen molar-refractivity contribution in [2.75, 3.05) is 4.90 Å². The second-order valence-corrected chi connectivity index (χ2v) is 6.08. The van der Waals surface area contributed by atoms with E-state index in [4.69, 9.17) is 11.6 Å². The first-order valence-electron chi connectivity index (χ1n) is 7.35. The minimum atomic E-state index is -0.0148. The van der Waals surface area contributed by atoms with E-state index in [9.17, 15) is 4.79 Å². The first-order valence-corrected chi connectivity index (χ1v) is 8.46. The van der Waals surface area contributed by atoms with E-state index >= 15 is 0 Å². The number of carbonyl (C=O) groups is 1. The molecule has 0 aliphatic rings. The van der Waals surface area contributed by atoms with E-state index < -0.39 is 0 Å². The number of rotatable bonds is 5. The number of aryl methyl sites for hydroxylation is 2. The number of anilines is 1. The summed E-state index contributed by atoms with van der Waals surface area (Å²) >= 11 is 7.53. The molecule has 0 spiro atoms. The summed E-state index contributed by atoms with van der Waals surface area (Å²) in [6.45, 7) is 8.06. The van der Waals surface area contributed by atoms with E-state index in [1.54, 1.807) is 11.8 Å². The molecule has 6 heteroatoms. The highest BCUT2D eigenvalue weighted by molar-refractivity contribution is 6.99. The molecule has 1 heterocycles. The summed E-state index contributed by atoms with van der Waals surface area (Å²) in [5, 5.41) is 0.703. The smallest absolute Gasteiger partial charge is 0.224 e. The largest absolute Gasteiger partial charge is 0.306 e. The van der Waals surface area contributed by atoms with Gasteiger partial charge in [-0.3, -0.25) is 4.79 Å². The van der Waals surface area contributed by atoms with Crippen molar-refractivity contribution in [3.63, 3.8) is 0 Å². The van der Waals surface area contributed by atoms with Gasteiger partial charge in [-0.15, -0.1) is 0 Å². The highest BCUT2D eigenvalue weighted by Gasteiger charge is 2.22. The first kappa shape index (κ1) is 16.9. The van der Waals surface area contributed by atoms with Crippen LogP contribution in [-0.4, -0.2) is 14.7 Å². The van der Waals surface area contributed by atoms with Gasteiger partial charge in [-0.25, -0.2) is 0 Å². The molecule has 0 saturated heterocycles. The number of hydrogen-bond acceptors (Lipinski definition) is 4. The van der Waals surface area contributed by atoms with Crippen LogP contribution in [0.2, 0.25) is 5.02 Å². The minimum Gasteiger partial charge on any atom is -0.306 e. The van der Waals surface area contributed by atoms with Crippen molar-refractivity contribution < 1.29 is 4.79 Å². The summed E-state index contributed by atoms with van der Waals surface area (Å²) in [7, 11) is 0. The molecule has 1 aromatic carbocycles. The molecule has 2 aromatic rings. The van der Waals surface area contributed by atoms with Gasteiger partial charge in [-0.2, -0.15) is 8.75 Å². The average Bonchev–Trinajstić information content (AvgIpc) is 2.89. The molecule has 1 amide bonds. The van der Waals surface area contributed by atoms with Crippen molar-refractivity contribution in [3.05, 3.63) is 39.7 Å². The highest BCUT2D eigenvalue weighted by atomic mass is 35.5. The molecule has 118 valence electrons. The van der Waals surface area contributed by atoms with Gasteiger partial charge in [-0.05, 0) is 37.0 Å². The Balaban J connectivity index is 2.55. The lowest BCUT2D eigenvalue weighted by Gasteiger charge is -2.26. The van der Waals surface area contributed by atoms with E-state index in [-0.39, 0.29) is 5.91 Å². The standard InChI is InChI=1S/C16H20ClN3OS/c1-5-12-7-8-14(17)13(6-2)16(12)20(11(4)21)9-15-10(3)18-22-19-15/h7-8H,5-6,9H2,1-4H3. The van der Waals surface area contributed by atoms with Crippen LogP contribution in [0.25, 0.3) is 0 Å². The third kappa shape index (κ3) is 3.31. The Morgan fingerprint density at radius 3 is 2.50 bits per heavy atom. The molecule has 0 saturated carbocycles. The second-order valence-electron chi connectivity index (χ2n) is 5.14. The lowest BCUT2D eigenvalue weighted by atomic mass is 10.0. The van der Waals surface area contributed by atoms with E-state index in [1.807, 2.05) is 19.1 Å². The molecule has 0 atom stereocenters. The van der Waals surface area contributed by atoms with Crippen LogP contribution in [0.5, 0.6) is 0 Å². The third-order valence-electron chi connectivity index (χ3n) is 3.75. The van der Waals surface area contributed by atoms with Gasteiger partial charge in [-0.1, -0.05) is 31.5 Å². The zero-order valence-electron chi connectivity index (χ0n) is 13.3. The predicted molar refractivity (Wildman–Crippen MR) is 91.7 cm³/mol. The van der Waals surface area contributed by atoms with Crippen LogP contribution in [0.15, 0.2) is 12.1 Å². The quantitative estimate of drug-likeness (QED) is 0.822. The molecule has 0 fully saturated rings. The number of benzene rings is 1. The highest BCUT2D eigenvalue weighted by Crippen LogP contribution is 2.33. The Labute approximate surface area is 140 Å². The molecule has 0 aliphatic heterocycles. The summed E-state index contributed by atoms with van der Waals surface area (Å²) in [4.78, 5) is 14.0. The number of nitrogens with zero attached hydrogens (tertiary/aromatic N) is 3. The predicted octanol–water partition coefficient (Wildman–Crippen LogP) is 4.18. The molecule has 22 heavy (non-hydrogen) atoms. The van der Waals surface area contributed by atoms with E-state index in [2.05, 4.69) is 22.6 Å². The third-order valence-corrected chi connectivity index (χ3v) is 4.76. The maximum Gasteiger partial charge on any atom is 0.224 e. The number of halogens is 1. The molecule has 4 nitrogen and oxygen atoms in total. The Hall–Kier alpha value is -1.46. The van der Waals surface area contributed by atoms with Crippen LogP contribution in [0.1, 0.15) is 43.3 Å². The van der Waals surface area contributed by atoms with Crippen LogP contribution >= 0.6 is 23.3 Å². The molecule has 1 aromatic heterocycles. The number of carbonyl (C=O) groups excluding carboxylic acids is 1. The minimum absolute atomic E-state index is 0.0148. The first-order chi connectivity index (χ1) is 10.5. The lowest BCUT2D eigenvalue weighted by Crippen LogP contribution is -2.30. The summed E-state index contributed by atoms with van der Waals surface area (Å²) in [6.07, 6.45) is 1.62. The van der Waals surface area contributed by atoms with E-state index in [1.165, 1.54) is 11.7 Å². The zero-order valence-corrected chi connectivity index (χ0v) is 14.9. The van der Waals surface area contributed by atoms with Crippen molar-refractivity contribution >= 4 is 34.9 Å². The van der Waals surface area contributed by atoms with Crippen molar-refractivity contribution in [2.45, 2.75) is 47.1 Å². The number of amides is 1. The fraction of sp³-hybridized carbons (Fsp3) is 0.438. The normalized spacial score (nSPS) is 10.8.